The number of fused-ring (bicyclic) bond motifs is 1. The van der Waals surface area contributed by atoms with Crippen LogP contribution in [0.3, 0.4) is 0 Å². The first-order valence-electron chi connectivity index (χ1n) is 8.83. The highest BCUT2D eigenvalue weighted by Gasteiger charge is 2.16. The van der Waals surface area contributed by atoms with Crippen molar-refractivity contribution < 1.29 is 14.3 Å². The van der Waals surface area contributed by atoms with Crippen LogP contribution in [0, 0.1) is 0 Å². The maximum atomic E-state index is 12.6. The summed E-state index contributed by atoms with van der Waals surface area (Å²) in [6.45, 7) is 0.139. The first-order chi connectivity index (χ1) is 14.2. The molecule has 1 aromatic carbocycles. The van der Waals surface area contributed by atoms with E-state index in [0.29, 0.717) is 22.9 Å². The molecule has 9 nitrogen and oxygen atoms in total. The van der Waals surface area contributed by atoms with Gasteiger partial charge in [-0.1, -0.05) is 30.3 Å². The van der Waals surface area contributed by atoms with Gasteiger partial charge in [-0.3, -0.25) is 4.79 Å². The molecule has 0 aliphatic carbocycles. The van der Waals surface area contributed by atoms with Crippen LogP contribution < -0.4 is 14.8 Å². The SMILES string of the molecule is COc1ccc(C(=O)NCc2nnc3ccc(-c4ccccc4)nn23)c(OC)n1. The molecule has 0 saturated heterocycles. The van der Waals surface area contributed by atoms with Crippen molar-refractivity contribution in [2.45, 2.75) is 6.54 Å². The third-order valence-corrected chi connectivity index (χ3v) is 4.29. The topological polar surface area (TPSA) is 104 Å². The Labute approximate surface area is 166 Å². The maximum absolute atomic E-state index is 12.6. The number of nitrogens with zero attached hydrogens (tertiary/aromatic N) is 5. The van der Waals surface area contributed by atoms with Gasteiger partial charge < -0.3 is 14.8 Å². The molecule has 0 aliphatic heterocycles. The van der Waals surface area contributed by atoms with Crippen LogP contribution in [0.5, 0.6) is 11.8 Å². The van der Waals surface area contributed by atoms with Gasteiger partial charge in [-0.2, -0.15) is 14.6 Å². The van der Waals surface area contributed by atoms with Gasteiger partial charge in [0.1, 0.15) is 5.56 Å². The van der Waals surface area contributed by atoms with E-state index in [0.717, 1.165) is 11.3 Å². The molecule has 3 aromatic heterocycles. The number of rotatable bonds is 6. The highest BCUT2D eigenvalue weighted by atomic mass is 16.5. The Bertz CT molecular complexity index is 1160. The summed E-state index contributed by atoms with van der Waals surface area (Å²) in [5, 5.41) is 15.6. The van der Waals surface area contributed by atoms with Gasteiger partial charge in [0.2, 0.25) is 11.8 Å². The molecule has 4 rings (SSSR count). The molecule has 29 heavy (non-hydrogen) atoms. The lowest BCUT2D eigenvalue weighted by atomic mass is 10.1. The van der Waals surface area contributed by atoms with Crippen molar-refractivity contribution in [3.8, 4) is 23.0 Å². The van der Waals surface area contributed by atoms with Gasteiger partial charge in [-0.15, -0.1) is 10.2 Å². The lowest BCUT2D eigenvalue weighted by Gasteiger charge is -2.09. The van der Waals surface area contributed by atoms with Crippen molar-refractivity contribution in [2.24, 2.45) is 0 Å². The maximum Gasteiger partial charge on any atom is 0.257 e. The Morgan fingerprint density at radius 2 is 1.83 bits per heavy atom. The van der Waals surface area contributed by atoms with Gasteiger partial charge in [-0.25, -0.2) is 0 Å². The Hall–Kier alpha value is -4.01. The van der Waals surface area contributed by atoms with Crippen LogP contribution in [0.1, 0.15) is 16.2 Å². The van der Waals surface area contributed by atoms with Crippen molar-refractivity contribution in [1.29, 1.82) is 0 Å². The number of methoxy groups -OCH3 is 2. The smallest absolute Gasteiger partial charge is 0.257 e. The summed E-state index contributed by atoms with van der Waals surface area (Å²) in [5.41, 5.74) is 2.65. The quantitative estimate of drug-likeness (QED) is 0.538. The Kier molecular flexibility index (Phi) is 5.02. The molecule has 0 atom stereocenters. The Morgan fingerprint density at radius 1 is 1.00 bits per heavy atom. The first kappa shape index (κ1) is 18.4. The van der Waals surface area contributed by atoms with E-state index in [9.17, 15) is 4.79 Å². The molecule has 9 heteroatoms. The van der Waals surface area contributed by atoms with Gasteiger partial charge in [-0.05, 0) is 18.2 Å². The molecule has 1 N–H and O–H groups in total. The fourth-order valence-electron chi connectivity index (χ4n) is 2.83. The standard InChI is InChI=1S/C20H18N6O3/c1-28-18-11-8-14(20(22-18)29-2)19(27)21-12-17-24-23-16-10-9-15(25-26(16)17)13-6-4-3-5-7-13/h3-11H,12H2,1-2H3,(H,21,27). The number of pyridine rings is 1. The summed E-state index contributed by atoms with van der Waals surface area (Å²) in [6, 6.07) is 16.7. The zero-order valence-electron chi connectivity index (χ0n) is 15.9. The summed E-state index contributed by atoms with van der Waals surface area (Å²) >= 11 is 0. The fourth-order valence-corrected chi connectivity index (χ4v) is 2.83. The fraction of sp³-hybridized carbons (Fsp3) is 0.150. The molecule has 0 spiro atoms. The van der Waals surface area contributed by atoms with Crippen LogP contribution >= 0.6 is 0 Å². The third kappa shape index (κ3) is 3.70. The number of hydrogen-bond donors (Lipinski definition) is 1. The van der Waals surface area contributed by atoms with E-state index in [-0.39, 0.29) is 18.3 Å². The van der Waals surface area contributed by atoms with Crippen LogP contribution in [-0.4, -0.2) is 44.9 Å². The average molecular weight is 390 g/mol. The summed E-state index contributed by atoms with van der Waals surface area (Å²) in [7, 11) is 2.94. The predicted octanol–water partition coefficient (Wildman–Crippen LogP) is 2.13. The van der Waals surface area contributed by atoms with E-state index in [1.54, 1.807) is 16.6 Å². The summed E-state index contributed by atoms with van der Waals surface area (Å²) < 4.78 is 11.9. The van der Waals surface area contributed by atoms with Crippen LogP contribution in [0.2, 0.25) is 0 Å². The molecule has 146 valence electrons. The van der Waals surface area contributed by atoms with Crippen molar-refractivity contribution in [1.82, 2.24) is 30.1 Å². The molecule has 0 radical (unpaired) electrons. The molecule has 4 aromatic rings. The van der Waals surface area contributed by atoms with Crippen LogP contribution in [-0.2, 0) is 6.54 Å². The largest absolute Gasteiger partial charge is 0.481 e. The van der Waals surface area contributed by atoms with Crippen molar-refractivity contribution >= 4 is 11.6 Å². The van der Waals surface area contributed by atoms with Crippen molar-refractivity contribution in [3.05, 3.63) is 66.0 Å². The predicted molar refractivity (Wildman–Crippen MR) is 105 cm³/mol. The Balaban J connectivity index is 1.56. The second-order valence-corrected chi connectivity index (χ2v) is 6.06. The summed E-state index contributed by atoms with van der Waals surface area (Å²) in [5.74, 6) is 0.691. The summed E-state index contributed by atoms with van der Waals surface area (Å²) in [4.78, 5) is 16.7. The molecule has 0 saturated carbocycles. The zero-order valence-corrected chi connectivity index (χ0v) is 15.9. The number of benzene rings is 1. The van der Waals surface area contributed by atoms with E-state index in [2.05, 4.69) is 25.6 Å². The molecule has 0 fully saturated rings. The highest BCUT2D eigenvalue weighted by molar-refractivity contribution is 5.96. The lowest BCUT2D eigenvalue weighted by molar-refractivity contribution is 0.0945. The number of amides is 1. The molecule has 3 heterocycles. The van der Waals surface area contributed by atoms with Gasteiger partial charge in [0.15, 0.2) is 11.5 Å². The molecule has 0 bridgehead atoms. The second-order valence-electron chi connectivity index (χ2n) is 6.06. The Morgan fingerprint density at radius 3 is 2.59 bits per heavy atom. The molecular formula is C20H18N6O3. The van der Waals surface area contributed by atoms with E-state index in [4.69, 9.17) is 9.47 Å². The minimum Gasteiger partial charge on any atom is -0.481 e. The number of hydrogen-bond acceptors (Lipinski definition) is 7. The first-order valence-corrected chi connectivity index (χ1v) is 8.83. The molecule has 0 aliphatic rings. The van der Waals surface area contributed by atoms with Gasteiger partial charge in [0.25, 0.3) is 5.91 Å². The third-order valence-electron chi connectivity index (χ3n) is 4.29. The van der Waals surface area contributed by atoms with E-state index in [1.807, 2.05) is 42.5 Å². The second kappa shape index (κ2) is 7.93. The van der Waals surface area contributed by atoms with E-state index < -0.39 is 0 Å². The van der Waals surface area contributed by atoms with Gasteiger partial charge >= 0.3 is 0 Å². The normalized spacial score (nSPS) is 10.7. The monoisotopic (exact) mass is 390 g/mol. The summed E-state index contributed by atoms with van der Waals surface area (Å²) in [6.07, 6.45) is 0. The number of carbonyl (C=O) groups is 1. The number of nitrogens with one attached hydrogen (secondary N) is 1. The molecular weight excluding hydrogens is 372 g/mol. The average Bonchev–Trinajstić information content (AvgIpc) is 3.19. The highest BCUT2D eigenvalue weighted by Crippen LogP contribution is 2.20. The van der Waals surface area contributed by atoms with Crippen LogP contribution in [0.25, 0.3) is 16.9 Å². The lowest BCUT2D eigenvalue weighted by Crippen LogP contribution is -2.25. The minimum absolute atomic E-state index is 0.139. The van der Waals surface area contributed by atoms with Gasteiger partial charge in [0, 0.05) is 11.6 Å². The minimum atomic E-state index is -0.354. The number of ether oxygens (including phenoxy) is 2. The number of aromatic nitrogens is 5. The molecule has 1 amide bonds. The van der Waals surface area contributed by atoms with Crippen molar-refractivity contribution in [2.75, 3.05) is 14.2 Å². The van der Waals surface area contributed by atoms with E-state index >= 15 is 0 Å². The van der Waals surface area contributed by atoms with E-state index in [1.165, 1.54) is 14.2 Å². The van der Waals surface area contributed by atoms with Gasteiger partial charge in [0.05, 0.1) is 26.5 Å². The van der Waals surface area contributed by atoms with Crippen LogP contribution in [0.4, 0.5) is 0 Å². The van der Waals surface area contributed by atoms with Crippen LogP contribution in [0.15, 0.2) is 54.6 Å². The number of carbonyl (C=O) groups excluding carboxylic acids is 1. The van der Waals surface area contributed by atoms with Crippen molar-refractivity contribution in [3.63, 3.8) is 0 Å². The zero-order chi connectivity index (χ0) is 20.2. The molecule has 0 unspecified atom stereocenters.